The van der Waals surface area contributed by atoms with Gasteiger partial charge in [-0.2, -0.15) is 4.37 Å². The molecule has 1 aromatic heterocycles. The van der Waals surface area contributed by atoms with Crippen LogP contribution in [0.5, 0.6) is 0 Å². The standard InChI is InChI=1S/C12H19N3OS/c16-10-5-3-1-2-4-9(10)13-12-14-11(15-17-12)8-6-7-8/h8-10,16H,1-7H2,(H,13,14,15). The molecule has 2 N–H and O–H groups in total. The van der Waals surface area contributed by atoms with Crippen LogP contribution in [0.25, 0.3) is 0 Å². The van der Waals surface area contributed by atoms with E-state index in [0.717, 1.165) is 30.2 Å². The lowest BCUT2D eigenvalue weighted by atomic mass is 10.1. The van der Waals surface area contributed by atoms with Crippen molar-refractivity contribution in [3.63, 3.8) is 0 Å². The summed E-state index contributed by atoms with van der Waals surface area (Å²) in [7, 11) is 0. The predicted octanol–water partition coefficient (Wildman–Crippen LogP) is 2.52. The van der Waals surface area contributed by atoms with Crippen LogP contribution in [0, 0.1) is 0 Å². The third-order valence-electron chi connectivity index (χ3n) is 3.67. The van der Waals surface area contributed by atoms with Gasteiger partial charge in [0.15, 0.2) is 0 Å². The van der Waals surface area contributed by atoms with Crippen molar-refractivity contribution in [1.29, 1.82) is 0 Å². The van der Waals surface area contributed by atoms with Crippen molar-refractivity contribution >= 4 is 16.7 Å². The van der Waals surface area contributed by atoms with E-state index in [1.165, 1.54) is 37.2 Å². The van der Waals surface area contributed by atoms with Gasteiger partial charge in [-0.25, -0.2) is 4.98 Å². The Morgan fingerprint density at radius 2 is 1.94 bits per heavy atom. The molecule has 0 bridgehead atoms. The topological polar surface area (TPSA) is 58.0 Å². The van der Waals surface area contributed by atoms with Crippen LogP contribution in [0.2, 0.25) is 0 Å². The molecule has 94 valence electrons. The Hall–Kier alpha value is -0.680. The zero-order chi connectivity index (χ0) is 11.7. The molecule has 0 aromatic carbocycles. The van der Waals surface area contributed by atoms with Gasteiger partial charge in [-0.05, 0) is 25.7 Å². The summed E-state index contributed by atoms with van der Waals surface area (Å²) in [4.78, 5) is 4.52. The number of hydrogen-bond donors (Lipinski definition) is 2. The monoisotopic (exact) mass is 253 g/mol. The van der Waals surface area contributed by atoms with Crippen LogP contribution in [-0.4, -0.2) is 26.6 Å². The van der Waals surface area contributed by atoms with Crippen molar-refractivity contribution < 1.29 is 5.11 Å². The lowest BCUT2D eigenvalue weighted by Crippen LogP contribution is -2.32. The van der Waals surface area contributed by atoms with Gasteiger partial charge in [-0.3, -0.25) is 0 Å². The first-order chi connectivity index (χ1) is 8.33. The highest BCUT2D eigenvalue weighted by Gasteiger charge is 2.28. The van der Waals surface area contributed by atoms with Crippen molar-refractivity contribution in [2.24, 2.45) is 0 Å². The van der Waals surface area contributed by atoms with Gasteiger partial charge in [0, 0.05) is 17.5 Å². The summed E-state index contributed by atoms with van der Waals surface area (Å²) in [6.45, 7) is 0. The van der Waals surface area contributed by atoms with E-state index in [0.29, 0.717) is 5.92 Å². The molecular formula is C12H19N3OS. The van der Waals surface area contributed by atoms with Gasteiger partial charge in [0.25, 0.3) is 0 Å². The molecule has 2 unspecified atom stereocenters. The fourth-order valence-corrected chi connectivity index (χ4v) is 3.12. The maximum atomic E-state index is 10.0. The van der Waals surface area contributed by atoms with E-state index < -0.39 is 0 Å². The first-order valence-electron chi connectivity index (χ1n) is 6.61. The molecule has 2 aliphatic rings. The summed E-state index contributed by atoms with van der Waals surface area (Å²) in [5, 5.41) is 14.3. The number of hydrogen-bond acceptors (Lipinski definition) is 5. The first kappa shape index (κ1) is 11.4. The van der Waals surface area contributed by atoms with Crippen molar-refractivity contribution in [1.82, 2.24) is 9.36 Å². The highest BCUT2D eigenvalue weighted by atomic mass is 32.1. The zero-order valence-electron chi connectivity index (χ0n) is 9.93. The summed E-state index contributed by atoms with van der Waals surface area (Å²) in [5.41, 5.74) is 0. The maximum absolute atomic E-state index is 10.0. The minimum atomic E-state index is -0.231. The highest BCUT2D eigenvalue weighted by Crippen LogP contribution is 2.39. The minimum Gasteiger partial charge on any atom is -0.391 e. The van der Waals surface area contributed by atoms with Gasteiger partial charge in [0.1, 0.15) is 5.82 Å². The number of aliphatic hydroxyl groups is 1. The van der Waals surface area contributed by atoms with Gasteiger partial charge in [0.05, 0.1) is 12.1 Å². The van der Waals surface area contributed by atoms with Crippen molar-refractivity contribution in [3.8, 4) is 0 Å². The molecule has 4 nitrogen and oxygen atoms in total. The molecule has 3 rings (SSSR count). The average Bonchev–Trinajstić information content (AvgIpc) is 3.09. The molecule has 17 heavy (non-hydrogen) atoms. The third kappa shape index (κ3) is 2.77. The van der Waals surface area contributed by atoms with Crippen LogP contribution in [0.1, 0.15) is 56.7 Å². The molecule has 0 saturated heterocycles. The fourth-order valence-electron chi connectivity index (χ4n) is 2.42. The summed E-state index contributed by atoms with van der Waals surface area (Å²) < 4.78 is 4.38. The fraction of sp³-hybridized carbons (Fsp3) is 0.833. The second kappa shape index (κ2) is 4.90. The molecule has 5 heteroatoms. The largest absolute Gasteiger partial charge is 0.391 e. The molecule has 1 heterocycles. The SMILES string of the molecule is OC1CCCCCC1Nc1nc(C2CC2)ns1. The Morgan fingerprint density at radius 3 is 2.76 bits per heavy atom. The Labute approximate surface area is 106 Å². The number of anilines is 1. The molecule has 0 radical (unpaired) electrons. The van der Waals surface area contributed by atoms with Crippen LogP contribution in [0.4, 0.5) is 5.13 Å². The Balaban J connectivity index is 1.63. The van der Waals surface area contributed by atoms with Crippen molar-refractivity contribution in [2.75, 3.05) is 5.32 Å². The van der Waals surface area contributed by atoms with Crippen LogP contribution in [0.3, 0.4) is 0 Å². The lowest BCUT2D eigenvalue weighted by Gasteiger charge is -2.20. The number of nitrogens with one attached hydrogen (secondary N) is 1. The maximum Gasteiger partial charge on any atom is 0.202 e. The van der Waals surface area contributed by atoms with Crippen LogP contribution in [0.15, 0.2) is 0 Å². The summed E-state index contributed by atoms with van der Waals surface area (Å²) >= 11 is 1.44. The molecule has 2 atom stereocenters. The third-order valence-corrected chi connectivity index (χ3v) is 4.33. The predicted molar refractivity (Wildman–Crippen MR) is 68.4 cm³/mol. The number of aliphatic hydroxyl groups excluding tert-OH is 1. The smallest absolute Gasteiger partial charge is 0.202 e. The van der Waals surface area contributed by atoms with E-state index in [4.69, 9.17) is 0 Å². The number of aromatic nitrogens is 2. The molecule has 2 aliphatic carbocycles. The summed E-state index contributed by atoms with van der Waals surface area (Å²) in [5.74, 6) is 1.61. The lowest BCUT2D eigenvalue weighted by molar-refractivity contribution is 0.144. The van der Waals surface area contributed by atoms with E-state index >= 15 is 0 Å². The van der Waals surface area contributed by atoms with Crippen molar-refractivity contribution in [3.05, 3.63) is 5.82 Å². The van der Waals surface area contributed by atoms with Crippen LogP contribution < -0.4 is 5.32 Å². The molecule has 2 saturated carbocycles. The highest BCUT2D eigenvalue weighted by molar-refractivity contribution is 7.09. The normalized spacial score (nSPS) is 29.9. The second-order valence-electron chi connectivity index (χ2n) is 5.19. The van der Waals surface area contributed by atoms with E-state index in [1.54, 1.807) is 0 Å². The van der Waals surface area contributed by atoms with E-state index in [9.17, 15) is 5.11 Å². The molecule has 0 aliphatic heterocycles. The number of rotatable bonds is 3. The van der Waals surface area contributed by atoms with Crippen LogP contribution >= 0.6 is 11.5 Å². The Kier molecular flexibility index (Phi) is 3.29. The Morgan fingerprint density at radius 1 is 1.12 bits per heavy atom. The molecule has 0 amide bonds. The quantitative estimate of drug-likeness (QED) is 0.813. The minimum absolute atomic E-state index is 0.164. The van der Waals surface area contributed by atoms with Crippen molar-refractivity contribution in [2.45, 2.75) is 63.0 Å². The zero-order valence-corrected chi connectivity index (χ0v) is 10.7. The van der Waals surface area contributed by atoms with E-state index in [2.05, 4.69) is 14.7 Å². The molecule has 2 fully saturated rings. The van der Waals surface area contributed by atoms with Gasteiger partial charge >= 0.3 is 0 Å². The summed E-state index contributed by atoms with van der Waals surface area (Å²) in [6.07, 6.45) is 7.77. The Bertz CT molecular complexity index is 378. The van der Waals surface area contributed by atoms with Gasteiger partial charge < -0.3 is 10.4 Å². The van der Waals surface area contributed by atoms with Gasteiger partial charge in [-0.1, -0.05) is 19.3 Å². The number of nitrogens with zero attached hydrogens (tertiary/aromatic N) is 2. The first-order valence-corrected chi connectivity index (χ1v) is 7.38. The second-order valence-corrected chi connectivity index (χ2v) is 5.94. The van der Waals surface area contributed by atoms with Gasteiger partial charge in [0.2, 0.25) is 5.13 Å². The average molecular weight is 253 g/mol. The van der Waals surface area contributed by atoms with Crippen LogP contribution in [-0.2, 0) is 0 Å². The summed E-state index contributed by atoms with van der Waals surface area (Å²) in [6, 6.07) is 0.164. The molecular weight excluding hydrogens is 234 g/mol. The van der Waals surface area contributed by atoms with E-state index in [-0.39, 0.29) is 12.1 Å². The van der Waals surface area contributed by atoms with E-state index in [1.807, 2.05) is 0 Å². The van der Waals surface area contributed by atoms with Gasteiger partial charge in [-0.15, -0.1) is 0 Å². The molecule has 1 aromatic rings. The molecule has 0 spiro atoms.